The molecule has 1 fully saturated rings. The van der Waals surface area contributed by atoms with Gasteiger partial charge in [0.1, 0.15) is 0 Å². The van der Waals surface area contributed by atoms with E-state index < -0.39 is 17.2 Å². The van der Waals surface area contributed by atoms with Crippen LogP contribution >= 0.6 is 0 Å². The minimum atomic E-state index is -0.690. The van der Waals surface area contributed by atoms with E-state index in [-0.39, 0.29) is 12.2 Å². The maximum absolute atomic E-state index is 13.2. The number of carbonyl (C=O) groups is 1. The first-order valence-electron chi connectivity index (χ1n) is 9.77. The van der Waals surface area contributed by atoms with Gasteiger partial charge in [-0.15, -0.1) is 0 Å². The van der Waals surface area contributed by atoms with E-state index in [0.29, 0.717) is 32.0 Å². The molecule has 1 aliphatic heterocycles. The first-order chi connectivity index (χ1) is 14.5. The molecule has 2 aromatic carbocycles. The van der Waals surface area contributed by atoms with E-state index in [4.69, 9.17) is 4.74 Å². The third kappa shape index (κ3) is 3.95. The number of ether oxygens (including phenoxy) is 1. The average Bonchev–Trinajstić information content (AvgIpc) is 2.78. The Morgan fingerprint density at radius 2 is 1.77 bits per heavy atom. The molecular weight excluding hydrogens is 384 g/mol. The van der Waals surface area contributed by atoms with Crippen LogP contribution in [-0.2, 0) is 11.3 Å². The molecule has 0 saturated carbocycles. The van der Waals surface area contributed by atoms with Crippen LogP contribution in [0.2, 0.25) is 0 Å². The van der Waals surface area contributed by atoms with Crippen molar-refractivity contribution in [2.24, 2.45) is 0 Å². The molecule has 8 nitrogen and oxygen atoms in total. The fourth-order valence-corrected chi connectivity index (χ4v) is 3.43. The van der Waals surface area contributed by atoms with Crippen molar-refractivity contribution in [3.05, 3.63) is 92.3 Å². The number of amides is 1. The van der Waals surface area contributed by atoms with E-state index in [2.05, 4.69) is 5.10 Å². The molecule has 0 atom stereocenters. The number of aromatic nitrogens is 3. The molecule has 3 aromatic rings. The highest BCUT2D eigenvalue weighted by molar-refractivity contribution is 5.91. The Balaban J connectivity index is 1.86. The molecule has 0 aliphatic carbocycles. The van der Waals surface area contributed by atoms with Crippen molar-refractivity contribution in [2.45, 2.75) is 13.5 Å². The predicted octanol–water partition coefficient (Wildman–Crippen LogP) is 1.22. The fraction of sp³-hybridized carbons (Fsp3) is 0.273. The summed E-state index contributed by atoms with van der Waals surface area (Å²) in [5.74, 6) is -0.494. The molecule has 0 N–H and O–H groups in total. The number of hydrogen-bond acceptors (Lipinski definition) is 5. The van der Waals surface area contributed by atoms with Gasteiger partial charge in [0.2, 0.25) is 5.69 Å². The van der Waals surface area contributed by atoms with Gasteiger partial charge in [0, 0.05) is 13.1 Å². The minimum Gasteiger partial charge on any atom is -0.378 e. The maximum atomic E-state index is 13.2. The molecule has 30 heavy (non-hydrogen) atoms. The molecule has 4 rings (SSSR count). The van der Waals surface area contributed by atoms with E-state index >= 15 is 0 Å². The monoisotopic (exact) mass is 406 g/mol. The van der Waals surface area contributed by atoms with Crippen LogP contribution in [0, 0.1) is 6.92 Å². The summed E-state index contributed by atoms with van der Waals surface area (Å²) in [6.45, 7) is 3.56. The van der Waals surface area contributed by atoms with Crippen molar-refractivity contribution < 1.29 is 9.53 Å². The molecule has 154 valence electrons. The Hall–Kier alpha value is -3.52. The summed E-state index contributed by atoms with van der Waals surface area (Å²) in [4.78, 5) is 40.9. The van der Waals surface area contributed by atoms with Crippen LogP contribution in [0.1, 0.15) is 21.6 Å². The molecule has 1 amide bonds. The summed E-state index contributed by atoms with van der Waals surface area (Å²) in [5.41, 5.74) is 0.744. The average molecular weight is 406 g/mol. The second kappa shape index (κ2) is 8.46. The zero-order valence-corrected chi connectivity index (χ0v) is 16.7. The Bertz CT molecular complexity index is 1180. The van der Waals surface area contributed by atoms with Gasteiger partial charge in [-0.25, -0.2) is 4.79 Å². The van der Waals surface area contributed by atoms with E-state index in [0.717, 1.165) is 20.4 Å². The SMILES string of the molecule is Cc1cccc(Cn2c(=O)c(C(=O)N3CCOCC3)nn(-c3ccccc3)c2=O)c1. The Morgan fingerprint density at radius 1 is 1.03 bits per heavy atom. The van der Waals surface area contributed by atoms with Crippen molar-refractivity contribution in [1.82, 2.24) is 19.2 Å². The molecule has 0 bridgehead atoms. The smallest absolute Gasteiger partial charge is 0.352 e. The van der Waals surface area contributed by atoms with Gasteiger partial charge in [0.25, 0.3) is 11.5 Å². The fourth-order valence-electron chi connectivity index (χ4n) is 3.43. The van der Waals surface area contributed by atoms with Crippen LogP contribution in [-0.4, -0.2) is 51.5 Å². The zero-order valence-electron chi connectivity index (χ0n) is 16.7. The predicted molar refractivity (Wildman–Crippen MR) is 111 cm³/mol. The summed E-state index contributed by atoms with van der Waals surface area (Å²) >= 11 is 0. The van der Waals surface area contributed by atoms with E-state index in [1.807, 2.05) is 37.3 Å². The van der Waals surface area contributed by atoms with Gasteiger partial charge in [-0.05, 0) is 24.6 Å². The summed E-state index contributed by atoms with van der Waals surface area (Å²) in [7, 11) is 0. The van der Waals surface area contributed by atoms with Crippen LogP contribution in [0.25, 0.3) is 5.69 Å². The Morgan fingerprint density at radius 3 is 2.47 bits per heavy atom. The van der Waals surface area contributed by atoms with Gasteiger partial charge in [0.05, 0.1) is 25.4 Å². The Kier molecular flexibility index (Phi) is 5.58. The second-order valence-electron chi connectivity index (χ2n) is 7.16. The molecule has 0 spiro atoms. The largest absolute Gasteiger partial charge is 0.378 e. The number of benzene rings is 2. The maximum Gasteiger partial charge on any atom is 0.352 e. The van der Waals surface area contributed by atoms with Crippen LogP contribution < -0.4 is 11.2 Å². The molecule has 1 aliphatic rings. The van der Waals surface area contributed by atoms with Crippen LogP contribution in [0.4, 0.5) is 0 Å². The minimum absolute atomic E-state index is 0.0537. The van der Waals surface area contributed by atoms with E-state index in [9.17, 15) is 14.4 Å². The van der Waals surface area contributed by atoms with Gasteiger partial charge >= 0.3 is 5.69 Å². The lowest BCUT2D eigenvalue weighted by atomic mass is 10.1. The molecular formula is C22H22N4O4. The van der Waals surface area contributed by atoms with E-state index in [1.165, 1.54) is 4.90 Å². The van der Waals surface area contributed by atoms with Gasteiger partial charge < -0.3 is 9.64 Å². The number of aryl methyl sites for hydroxylation is 1. The summed E-state index contributed by atoms with van der Waals surface area (Å²) in [5, 5.41) is 4.18. The van der Waals surface area contributed by atoms with Crippen LogP contribution in [0.15, 0.2) is 64.2 Å². The molecule has 2 heterocycles. The van der Waals surface area contributed by atoms with Crippen LogP contribution in [0.5, 0.6) is 0 Å². The first kappa shape index (κ1) is 19.8. The lowest BCUT2D eigenvalue weighted by Gasteiger charge is -2.26. The summed E-state index contributed by atoms with van der Waals surface area (Å²) in [6, 6.07) is 16.3. The molecule has 1 aromatic heterocycles. The summed E-state index contributed by atoms with van der Waals surface area (Å²) < 4.78 is 7.48. The lowest BCUT2D eigenvalue weighted by molar-refractivity contribution is 0.0295. The van der Waals surface area contributed by atoms with Gasteiger partial charge in [-0.2, -0.15) is 9.78 Å². The summed E-state index contributed by atoms with van der Waals surface area (Å²) in [6.07, 6.45) is 0. The normalized spacial score (nSPS) is 14.0. The third-order valence-electron chi connectivity index (χ3n) is 4.98. The number of rotatable bonds is 4. The topological polar surface area (TPSA) is 86.4 Å². The molecule has 0 radical (unpaired) electrons. The number of carbonyl (C=O) groups excluding carboxylic acids is 1. The zero-order chi connectivity index (χ0) is 21.1. The Labute approximate surface area is 172 Å². The highest BCUT2D eigenvalue weighted by Crippen LogP contribution is 2.07. The van der Waals surface area contributed by atoms with Crippen molar-refractivity contribution in [3.63, 3.8) is 0 Å². The standard InChI is InChI=1S/C22H22N4O4/c1-16-6-5-7-17(14-16)15-25-21(28)19(20(27)24-10-12-30-13-11-24)23-26(22(25)29)18-8-3-2-4-9-18/h2-9,14H,10-13,15H2,1H3. The van der Waals surface area contributed by atoms with Crippen molar-refractivity contribution in [3.8, 4) is 5.69 Å². The van der Waals surface area contributed by atoms with Crippen molar-refractivity contribution in [1.29, 1.82) is 0 Å². The second-order valence-corrected chi connectivity index (χ2v) is 7.16. The lowest BCUT2D eigenvalue weighted by Crippen LogP contribution is -2.48. The van der Waals surface area contributed by atoms with Gasteiger partial charge in [-0.3, -0.25) is 14.2 Å². The quantitative estimate of drug-likeness (QED) is 0.650. The molecule has 0 unspecified atom stereocenters. The van der Waals surface area contributed by atoms with Crippen molar-refractivity contribution in [2.75, 3.05) is 26.3 Å². The van der Waals surface area contributed by atoms with E-state index in [1.54, 1.807) is 24.3 Å². The third-order valence-corrected chi connectivity index (χ3v) is 4.98. The van der Waals surface area contributed by atoms with Gasteiger partial charge in [-0.1, -0.05) is 48.0 Å². The van der Waals surface area contributed by atoms with Gasteiger partial charge in [0.15, 0.2) is 0 Å². The number of para-hydroxylation sites is 1. The number of hydrogen-bond donors (Lipinski definition) is 0. The number of nitrogens with zero attached hydrogens (tertiary/aromatic N) is 4. The van der Waals surface area contributed by atoms with Crippen LogP contribution in [0.3, 0.4) is 0 Å². The highest BCUT2D eigenvalue weighted by atomic mass is 16.5. The molecule has 8 heteroatoms. The number of morpholine rings is 1. The highest BCUT2D eigenvalue weighted by Gasteiger charge is 2.26. The van der Waals surface area contributed by atoms with Crippen molar-refractivity contribution >= 4 is 5.91 Å². The molecule has 1 saturated heterocycles. The first-order valence-corrected chi connectivity index (χ1v) is 9.77.